The van der Waals surface area contributed by atoms with E-state index < -0.39 is 23.7 Å². The zero-order chi connectivity index (χ0) is 22.8. The molecule has 0 fully saturated rings. The average molecular weight is 448 g/mol. The van der Waals surface area contributed by atoms with Crippen LogP contribution in [0.4, 0.5) is 5.69 Å². The Morgan fingerprint density at radius 1 is 1.06 bits per heavy atom. The number of aliphatic hydroxyl groups excluding tert-OH is 1. The van der Waals surface area contributed by atoms with E-state index in [0.29, 0.717) is 21.7 Å². The number of carbonyl (C=O) groups excluding carboxylic acids is 3. The molecular formula is C25H21NO5S. The number of thiophene rings is 1. The molecular weight excluding hydrogens is 426 g/mol. The quantitative estimate of drug-likeness (QED) is 0.424. The normalized spacial score (nSPS) is 15.9. The number of anilines is 1. The summed E-state index contributed by atoms with van der Waals surface area (Å²) >= 11 is 1.25. The maximum absolute atomic E-state index is 13.3. The Hall–Kier alpha value is -3.71. The van der Waals surface area contributed by atoms with Gasteiger partial charge in [0.2, 0.25) is 5.78 Å². The summed E-state index contributed by atoms with van der Waals surface area (Å²) in [5.74, 6) is -2.08. The van der Waals surface area contributed by atoms with Gasteiger partial charge >= 0.3 is 5.97 Å². The first kappa shape index (κ1) is 21.5. The van der Waals surface area contributed by atoms with Gasteiger partial charge in [-0.2, -0.15) is 0 Å². The van der Waals surface area contributed by atoms with Crippen molar-refractivity contribution in [3.63, 3.8) is 0 Å². The fourth-order valence-corrected chi connectivity index (χ4v) is 4.36. The van der Waals surface area contributed by atoms with Gasteiger partial charge in [0, 0.05) is 5.69 Å². The summed E-state index contributed by atoms with van der Waals surface area (Å²) in [5.41, 5.74) is 2.57. The first-order chi connectivity index (χ1) is 15.4. The Kier molecular flexibility index (Phi) is 5.92. The molecule has 3 aromatic rings. The molecule has 0 saturated heterocycles. The molecule has 0 bridgehead atoms. The lowest BCUT2D eigenvalue weighted by atomic mass is 9.94. The molecule has 1 aromatic heterocycles. The largest absolute Gasteiger partial charge is 0.503 e. The lowest BCUT2D eigenvalue weighted by molar-refractivity contribution is -0.117. The molecule has 1 amide bonds. The van der Waals surface area contributed by atoms with Crippen LogP contribution < -0.4 is 4.90 Å². The highest BCUT2D eigenvalue weighted by Gasteiger charge is 2.44. The van der Waals surface area contributed by atoms with Gasteiger partial charge in [-0.25, -0.2) is 4.79 Å². The highest BCUT2D eigenvalue weighted by molar-refractivity contribution is 7.12. The standard InChI is InChI=1S/C25H21NO5S/c1-3-31-25(30)17-10-12-18(13-11-17)26-21(16-8-6-15(2)7-9-16)20(23(28)24(26)29)22(27)19-5-4-14-32-19/h4-14,21,28H,3H2,1-2H3/t21-/m1/s1. The Morgan fingerprint density at radius 2 is 1.75 bits per heavy atom. The van der Waals surface area contributed by atoms with Crippen molar-refractivity contribution in [1.29, 1.82) is 0 Å². The van der Waals surface area contributed by atoms with Crippen LogP contribution >= 0.6 is 11.3 Å². The number of aryl methyl sites for hydroxylation is 1. The van der Waals surface area contributed by atoms with Crippen LogP contribution in [0.5, 0.6) is 0 Å². The number of carbonyl (C=O) groups is 3. The van der Waals surface area contributed by atoms with Gasteiger partial charge in [0.05, 0.1) is 28.7 Å². The van der Waals surface area contributed by atoms with E-state index in [9.17, 15) is 19.5 Å². The number of esters is 1. The van der Waals surface area contributed by atoms with Crippen molar-refractivity contribution in [2.75, 3.05) is 11.5 Å². The van der Waals surface area contributed by atoms with Crippen molar-refractivity contribution in [2.24, 2.45) is 0 Å². The molecule has 2 aromatic carbocycles. The van der Waals surface area contributed by atoms with E-state index in [4.69, 9.17) is 4.74 Å². The summed E-state index contributed by atoms with van der Waals surface area (Å²) in [4.78, 5) is 40.2. The predicted molar refractivity (Wildman–Crippen MR) is 122 cm³/mol. The zero-order valence-electron chi connectivity index (χ0n) is 17.6. The summed E-state index contributed by atoms with van der Waals surface area (Å²) in [6.45, 7) is 3.93. The topological polar surface area (TPSA) is 83.9 Å². The molecule has 6 nitrogen and oxygen atoms in total. The molecule has 162 valence electrons. The lowest BCUT2D eigenvalue weighted by Gasteiger charge is -2.27. The van der Waals surface area contributed by atoms with Crippen molar-refractivity contribution in [1.82, 2.24) is 0 Å². The minimum absolute atomic E-state index is 0.0378. The van der Waals surface area contributed by atoms with Crippen LogP contribution in [-0.2, 0) is 9.53 Å². The summed E-state index contributed by atoms with van der Waals surface area (Å²) in [6.07, 6.45) is 0. The number of rotatable bonds is 6. The molecule has 4 rings (SSSR count). The maximum atomic E-state index is 13.3. The third-order valence-corrected chi connectivity index (χ3v) is 6.12. The molecule has 1 N–H and O–H groups in total. The molecule has 1 aliphatic rings. The van der Waals surface area contributed by atoms with Gasteiger partial charge in [0.25, 0.3) is 5.91 Å². The number of nitrogens with zero attached hydrogens (tertiary/aromatic N) is 1. The number of amides is 1. The number of Topliss-reactive ketones (excluding diaryl/α,β-unsaturated/α-hetero) is 1. The van der Waals surface area contributed by atoms with Crippen molar-refractivity contribution in [3.8, 4) is 0 Å². The molecule has 7 heteroatoms. The van der Waals surface area contributed by atoms with Crippen LogP contribution in [0, 0.1) is 6.92 Å². The molecule has 1 aliphatic heterocycles. The summed E-state index contributed by atoms with van der Waals surface area (Å²) in [5, 5.41) is 12.5. The number of aliphatic hydroxyl groups is 1. The Balaban J connectivity index is 1.79. The second-order valence-corrected chi connectivity index (χ2v) is 8.27. The molecule has 1 atom stereocenters. The minimum atomic E-state index is -0.800. The summed E-state index contributed by atoms with van der Waals surface area (Å²) in [7, 11) is 0. The molecule has 0 aliphatic carbocycles. The fraction of sp³-hybridized carbons (Fsp3) is 0.160. The van der Waals surface area contributed by atoms with Gasteiger partial charge < -0.3 is 9.84 Å². The second-order valence-electron chi connectivity index (χ2n) is 7.32. The highest BCUT2D eigenvalue weighted by Crippen LogP contribution is 2.42. The van der Waals surface area contributed by atoms with Gasteiger partial charge in [-0.1, -0.05) is 35.9 Å². The van der Waals surface area contributed by atoms with E-state index in [2.05, 4.69) is 0 Å². The lowest BCUT2D eigenvalue weighted by Crippen LogP contribution is -2.31. The average Bonchev–Trinajstić information content (AvgIpc) is 3.42. The van der Waals surface area contributed by atoms with Crippen LogP contribution in [0.15, 0.2) is 77.4 Å². The first-order valence-corrected chi connectivity index (χ1v) is 11.0. The number of ketones is 1. The fourth-order valence-electron chi connectivity index (χ4n) is 3.68. The zero-order valence-corrected chi connectivity index (χ0v) is 18.4. The molecule has 0 radical (unpaired) electrons. The van der Waals surface area contributed by atoms with Gasteiger partial charge in [-0.15, -0.1) is 11.3 Å². The van der Waals surface area contributed by atoms with E-state index in [1.54, 1.807) is 48.7 Å². The monoisotopic (exact) mass is 447 g/mol. The van der Waals surface area contributed by atoms with Crippen LogP contribution in [-0.4, -0.2) is 29.4 Å². The van der Waals surface area contributed by atoms with Crippen molar-refractivity contribution >= 4 is 34.7 Å². The van der Waals surface area contributed by atoms with E-state index in [1.807, 2.05) is 31.2 Å². The molecule has 0 unspecified atom stereocenters. The maximum Gasteiger partial charge on any atom is 0.338 e. The Labute approximate surface area is 189 Å². The highest BCUT2D eigenvalue weighted by atomic mass is 32.1. The molecule has 2 heterocycles. The van der Waals surface area contributed by atoms with Crippen molar-refractivity contribution in [2.45, 2.75) is 19.9 Å². The van der Waals surface area contributed by atoms with Gasteiger partial charge in [-0.05, 0) is 55.1 Å². The third-order valence-electron chi connectivity index (χ3n) is 5.25. The van der Waals surface area contributed by atoms with Crippen LogP contribution in [0.2, 0.25) is 0 Å². The second kappa shape index (κ2) is 8.80. The van der Waals surface area contributed by atoms with E-state index in [1.165, 1.54) is 16.2 Å². The Morgan fingerprint density at radius 3 is 2.34 bits per heavy atom. The minimum Gasteiger partial charge on any atom is -0.503 e. The van der Waals surface area contributed by atoms with Gasteiger partial charge in [-0.3, -0.25) is 14.5 Å². The number of hydrogen-bond acceptors (Lipinski definition) is 6. The summed E-state index contributed by atoms with van der Waals surface area (Å²) < 4.78 is 5.01. The Bertz CT molecular complexity index is 1190. The number of hydrogen-bond donors (Lipinski definition) is 1. The summed E-state index contributed by atoms with van der Waals surface area (Å²) in [6, 6.07) is 16.4. The van der Waals surface area contributed by atoms with E-state index in [0.717, 1.165) is 5.56 Å². The van der Waals surface area contributed by atoms with Gasteiger partial charge in [0.15, 0.2) is 5.76 Å². The SMILES string of the molecule is CCOC(=O)c1ccc(N2C(=O)C(O)=C(C(=O)c3cccs3)[C@H]2c2ccc(C)cc2)cc1. The molecule has 0 spiro atoms. The van der Waals surface area contributed by atoms with E-state index >= 15 is 0 Å². The smallest absolute Gasteiger partial charge is 0.338 e. The predicted octanol–water partition coefficient (Wildman–Crippen LogP) is 5.02. The third kappa shape index (κ3) is 3.83. The number of ether oxygens (including phenoxy) is 1. The first-order valence-electron chi connectivity index (χ1n) is 10.1. The molecule has 32 heavy (non-hydrogen) atoms. The number of benzene rings is 2. The van der Waals surface area contributed by atoms with Gasteiger partial charge in [0.1, 0.15) is 0 Å². The van der Waals surface area contributed by atoms with Crippen LogP contribution in [0.1, 0.15) is 44.1 Å². The van der Waals surface area contributed by atoms with Crippen molar-refractivity contribution < 1.29 is 24.2 Å². The molecule has 0 saturated carbocycles. The van der Waals surface area contributed by atoms with Crippen LogP contribution in [0.25, 0.3) is 0 Å². The van der Waals surface area contributed by atoms with Crippen LogP contribution in [0.3, 0.4) is 0 Å². The van der Waals surface area contributed by atoms with Crippen molar-refractivity contribution in [3.05, 3.63) is 98.9 Å². The van der Waals surface area contributed by atoms with E-state index in [-0.39, 0.29) is 18.0 Å².